The van der Waals surface area contributed by atoms with Crippen LogP contribution in [0.1, 0.15) is 63.4 Å². The lowest BCUT2D eigenvalue weighted by atomic mass is 10.1. The predicted octanol–water partition coefficient (Wildman–Crippen LogP) is 5.04. The molecule has 0 bridgehead atoms. The number of amides is 3. The molecule has 3 amide bonds. The molecule has 1 aliphatic rings. The number of hydrogen-bond acceptors (Lipinski definition) is 4. The van der Waals surface area contributed by atoms with E-state index < -0.39 is 41.2 Å². The molecule has 0 atom stereocenters. The van der Waals surface area contributed by atoms with E-state index >= 15 is 0 Å². The van der Waals surface area contributed by atoms with Crippen molar-refractivity contribution in [1.29, 1.82) is 0 Å². The van der Waals surface area contributed by atoms with Crippen LogP contribution in [0.4, 0.5) is 27.6 Å². The van der Waals surface area contributed by atoms with Crippen LogP contribution in [0.2, 0.25) is 0 Å². The standard InChI is InChI=1S/C26H23F5N4O3/c1-13-24(14(2)35(33-13)12-17-19(27)21(29)23(31)22(30)20(17)28)32-18(36)10-4-3-7-11-34-25(37)15-8-5-6-9-16(15)26(34)38/h5-6,8-9H,3-4,7,10-12H2,1-2H3,(H,32,36). The molecular weight excluding hydrogens is 511 g/mol. The Morgan fingerprint density at radius 1 is 0.842 bits per heavy atom. The van der Waals surface area contributed by atoms with Gasteiger partial charge in [-0.25, -0.2) is 22.0 Å². The number of fused-ring (bicyclic) bond motifs is 1. The lowest BCUT2D eigenvalue weighted by Gasteiger charge is -2.13. The Balaban J connectivity index is 1.31. The van der Waals surface area contributed by atoms with Crippen molar-refractivity contribution < 1.29 is 36.3 Å². The molecule has 200 valence electrons. The zero-order valence-corrected chi connectivity index (χ0v) is 20.5. The fourth-order valence-corrected chi connectivity index (χ4v) is 4.35. The van der Waals surface area contributed by atoms with Gasteiger partial charge in [-0.15, -0.1) is 0 Å². The van der Waals surface area contributed by atoms with Crippen molar-refractivity contribution in [2.24, 2.45) is 0 Å². The Hall–Kier alpha value is -4.09. The average Bonchev–Trinajstić information content (AvgIpc) is 3.30. The summed E-state index contributed by atoms with van der Waals surface area (Å²) in [6, 6.07) is 6.60. The maximum absolute atomic E-state index is 14.1. The summed E-state index contributed by atoms with van der Waals surface area (Å²) in [7, 11) is 0. The highest BCUT2D eigenvalue weighted by atomic mass is 19.2. The highest BCUT2D eigenvalue weighted by molar-refractivity contribution is 6.21. The van der Waals surface area contributed by atoms with Gasteiger partial charge in [0.05, 0.1) is 40.3 Å². The number of carbonyl (C=O) groups excluding carboxylic acids is 3. The summed E-state index contributed by atoms with van der Waals surface area (Å²) in [4.78, 5) is 38.4. The number of nitrogens with one attached hydrogen (secondary N) is 1. The first-order chi connectivity index (χ1) is 18.0. The quantitative estimate of drug-likeness (QED) is 0.137. The normalized spacial score (nSPS) is 12.9. The Labute approximate surface area is 214 Å². The van der Waals surface area contributed by atoms with E-state index in [4.69, 9.17) is 0 Å². The molecule has 2 heterocycles. The minimum absolute atomic E-state index is 0.115. The molecule has 1 aliphatic heterocycles. The molecule has 0 unspecified atom stereocenters. The first kappa shape index (κ1) is 27.0. The van der Waals surface area contributed by atoms with Crippen LogP contribution in [0, 0.1) is 42.9 Å². The van der Waals surface area contributed by atoms with Gasteiger partial charge in [0.25, 0.3) is 11.8 Å². The van der Waals surface area contributed by atoms with Crippen molar-refractivity contribution in [3.63, 3.8) is 0 Å². The van der Waals surface area contributed by atoms with E-state index in [1.54, 1.807) is 24.3 Å². The molecule has 4 rings (SSSR count). The van der Waals surface area contributed by atoms with Gasteiger partial charge in [-0.2, -0.15) is 5.10 Å². The minimum Gasteiger partial charge on any atom is -0.323 e. The van der Waals surface area contributed by atoms with Crippen molar-refractivity contribution in [2.45, 2.75) is 46.1 Å². The summed E-state index contributed by atoms with van der Waals surface area (Å²) in [6.45, 7) is 2.52. The number of imide groups is 1. The number of carbonyl (C=O) groups is 3. The number of hydrogen-bond donors (Lipinski definition) is 1. The van der Waals surface area contributed by atoms with E-state index in [0.29, 0.717) is 36.1 Å². The third-order valence-electron chi connectivity index (χ3n) is 6.42. The monoisotopic (exact) mass is 534 g/mol. The Bertz CT molecular complexity index is 1390. The van der Waals surface area contributed by atoms with Crippen molar-refractivity contribution in [3.8, 4) is 0 Å². The van der Waals surface area contributed by atoms with Gasteiger partial charge < -0.3 is 5.32 Å². The van der Waals surface area contributed by atoms with Gasteiger partial charge in [-0.1, -0.05) is 18.6 Å². The molecule has 0 spiro atoms. The Kier molecular flexibility index (Phi) is 7.61. The number of aromatic nitrogens is 2. The molecule has 2 aromatic carbocycles. The summed E-state index contributed by atoms with van der Waals surface area (Å²) < 4.78 is 69.6. The molecule has 0 saturated carbocycles. The highest BCUT2D eigenvalue weighted by Crippen LogP contribution is 2.27. The van der Waals surface area contributed by atoms with Gasteiger partial charge in [0.2, 0.25) is 11.7 Å². The second kappa shape index (κ2) is 10.7. The van der Waals surface area contributed by atoms with Crippen LogP contribution in [0.25, 0.3) is 0 Å². The number of halogens is 5. The van der Waals surface area contributed by atoms with E-state index in [2.05, 4.69) is 10.4 Å². The second-order valence-corrected chi connectivity index (χ2v) is 8.92. The zero-order chi connectivity index (χ0) is 27.7. The van der Waals surface area contributed by atoms with Crippen LogP contribution in [0.15, 0.2) is 24.3 Å². The molecule has 1 aromatic heterocycles. The van der Waals surface area contributed by atoms with Crippen LogP contribution in [-0.2, 0) is 11.3 Å². The maximum atomic E-state index is 14.1. The van der Waals surface area contributed by atoms with Gasteiger partial charge in [0, 0.05) is 13.0 Å². The fourth-order valence-electron chi connectivity index (χ4n) is 4.35. The molecule has 0 aliphatic carbocycles. The number of rotatable bonds is 9. The predicted molar refractivity (Wildman–Crippen MR) is 126 cm³/mol. The lowest BCUT2D eigenvalue weighted by molar-refractivity contribution is -0.116. The second-order valence-electron chi connectivity index (χ2n) is 8.92. The molecule has 0 radical (unpaired) electrons. The number of unbranched alkanes of at least 4 members (excludes halogenated alkanes) is 2. The summed E-state index contributed by atoms with van der Waals surface area (Å²) in [6.07, 6.45) is 1.66. The van der Waals surface area contributed by atoms with Crippen molar-refractivity contribution in [2.75, 3.05) is 11.9 Å². The van der Waals surface area contributed by atoms with E-state index in [-0.39, 0.29) is 42.1 Å². The van der Waals surface area contributed by atoms with E-state index in [1.165, 1.54) is 18.7 Å². The van der Waals surface area contributed by atoms with Gasteiger partial charge in [-0.05, 0) is 38.8 Å². The maximum Gasteiger partial charge on any atom is 0.261 e. The molecule has 12 heteroatoms. The SMILES string of the molecule is Cc1nn(Cc2c(F)c(F)c(F)c(F)c2F)c(C)c1NC(=O)CCCCCN1C(=O)c2ccccc2C1=O. The molecule has 3 aromatic rings. The van der Waals surface area contributed by atoms with Crippen LogP contribution < -0.4 is 5.32 Å². The number of benzene rings is 2. The Morgan fingerprint density at radius 2 is 1.39 bits per heavy atom. The van der Waals surface area contributed by atoms with Crippen molar-refractivity contribution >= 4 is 23.4 Å². The topological polar surface area (TPSA) is 84.3 Å². The van der Waals surface area contributed by atoms with E-state index in [9.17, 15) is 36.3 Å². The van der Waals surface area contributed by atoms with Gasteiger partial charge >= 0.3 is 0 Å². The molecule has 7 nitrogen and oxygen atoms in total. The number of anilines is 1. The third-order valence-corrected chi connectivity index (χ3v) is 6.42. The van der Waals surface area contributed by atoms with E-state index in [1.807, 2.05) is 0 Å². The van der Waals surface area contributed by atoms with Gasteiger partial charge in [0.1, 0.15) is 0 Å². The molecular formula is C26H23F5N4O3. The third kappa shape index (κ3) is 4.90. The number of aryl methyl sites for hydroxylation is 1. The summed E-state index contributed by atoms with van der Waals surface area (Å²) in [5.41, 5.74) is 0.551. The minimum atomic E-state index is -2.24. The van der Waals surface area contributed by atoms with Gasteiger partial charge in [0.15, 0.2) is 23.3 Å². The average molecular weight is 534 g/mol. The largest absolute Gasteiger partial charge is 0.323 e. The smallest absolute Gasteiger partial charge is 0.261 e. The van der Waals surface area contributed by atoms with Crippen molar-refractivity contribution in [3.05, 3.63) is 81.4 Å². The number of nitrogens with zero attached hydrogens (tertiary/aromatic N) is 3. The van der Waals surface area contributed by atoms with Crippen LogP contribution >= 0.6 is 0 Å². The lowest BCUT2D eigenvalue weighted by Crippen LogP contribution is -2.30. The van der Waals surface area contributed by atoms with Crippen LogP contribution in [0.3, 0.4) is 0 Å². The molecule has 0 fully saturated rings. The van der Waals surface area contributed by atoms with Crippen molar-refractivity contribution in [1.82, 2.24) is 14.7 Å². The zero-order valence-electron chi connectivity index (χ0n) is 20.5. The van der Waals surface area contributed by atoms with Crippen LogP contribution in [-0.4, -0.2) is 38.9 Å². The van der Waals surface area contributed by atoms with Crippen LogP contribution in [0.5, 0.6) is 0 Å². The van der Waals surface area contributed by atoms with Gasteiger partial charge in [-0.3, -0.25) is 24.0 Å². The highest BCUT2D eigenvalue weighted by Gasteiger charge is 2.34. The first-order valence-corrected chi connectivity index (χ1v) is 11.8. The molecule has 0 saturated heterocycles. The first-order valence-electron chi connectivity index (χ1n) is 11.8. The molecule has 1 N–H and O–H groups in total. The molecule has 38 heavy (non-hydrogen) atoms. The summed E-state index contributed by atoms with van der Waals surface area (Å²) in [5, 5.41) is 6.74. The summed E-state index contributed by atoms with van der Waals surface area (Å²) in [5.74, 6) is -11.3. The summed E-state index contributed by atoms with van der Waals surface area (Å²) >= 11 is 0. The Morgan fingerprint density at radius 3 is 1.97 bits per heavy atom. The van der Waals surface area contributed by atoms with E-state index in [0.717, 1.165) is 4.68 Å². The fraction of sp³-hybridized carbons (Fsp3) is 0.308.